The van der Waals surface area contributed by atoms with Crippen LogP contribution in [0.2, 0.25) is 0 Å². The molecule has 1 aromatic heterocycles. The van der Waals surface area contributed by atoms with Crippen LogP contribution in [0.15, 0.2) is 48.5 Å². The Morgan fingerprint density at radius 2 is 1.89 bits per heavy atom. The quantitative estimate of drug-likeness (QED) is 0.569. The van der Waals surface area contributed by atoms with E-state index >= 15 is 0 Å². The fraction of sp³-hybridized carbons (Fsp3) is 0.250. The first kappa shape index (κ1) is 19.8. The van der Waals surface area contributed by atoms with Crippen molar-refractivity contribution in [2.75, 3.05) is 11.6 Å². The zero-order chi connectivity index (χ0) is 20.1. The number of nitrogens with one attached hydrogen (secondary N) is 2. The molecule has 3 aromatic rings. The lowest BCUT2D eigenvalue weighted by atomic mass is 10.1. The highest BCUT2D eigenvalue weighted by atomic mass is 32.2. The molecule has 0 aliphatic heterocycles. The number of hydrogen-bond acceptors (Lipinski definition) is 4. The Balaban J connectivity index is 1.71. The minimum Gasteiger partial charge on any atom is -0.351 e. The first-order valence-corrected chi connectivity index (χ1v) is 10.3. The first-order valence-electron chi connectivity index (χ1n) is 8.87. The second kappa shape index (κ2) is 8.79. The monoisotopic (exact) mass is 397 g/mol. The molecule has 0 aliphatic carbocycles. The third-order valence-electron chi connectivity index (χ3n) is 4.36. The topological polar surface area (TPSA) is 102 Å². The molecule has 0 fully saturated rings. The number of hydrogen-bond donors (Lipinski definition) is 3. The number of aromatic nitrogens is 2. The summed E-state index contributed by atoms with van der Waals surface area (Å²) in [7, 11) is 0. The molecular weight excluding hydrogens is 374 g/mol. The van der Waals surface area contributed by atoms with Gasteiger partial charge in [0.25, 0.3) is 0 Å². The van der Waals surface area contributed by atoms with Crippen molar-refractivity contribution in [3.05, 3.63) is 59.9 Å². The van der Waals surface area contributed by atoms with Gasteiger partial charge in [0.15, 0.2) is 0 Å². The van der Waals surface area contributed by atoms with Gasteiger partial charge in [0.1, 0.15) is 12.4 Å². The highest BCUT2D eigenvalue weighted by Crippen LogP contribution is 2.20. The summed E-state index contributed by atoms with van der Waals surface area (Å²) in [5.41, 5.74) is 8.50. The first-order chi connectivity index (χ1) is 13.5. The second-order valence-corrected chi connectivity index (χ2v) is 7.30. The van der Waals surface area contributed by atoms with Crippen molar-refractivity contribution in [2.24, 2.45) is 5.73 Å². The van der Waals surface area contributed by atoms with Crippen molar-refractivity contribution in [3.8, 4) is 0 Å². The Hall–Kier alpha value is -3.00. The van der Waals surface area contributed by atoms with Crippen molar-refractivity contribution in [3.63, 3.8) is 0 Å². The molecule has 146 valence electrons. The molecule has 7 nitrogen and oxygen atoms in total. The number of anilines is 1. The van der Waals surface area contributed by atoms with E-state index in [1.165, 1.54) is 0 Å². The Labute approximate surface area is 167 Å². The molecule has 1 unspecified atom stereocenters. The van der Waals surface area contributed by atoms with E-state index in [0.717, 1.165) is 28.2 Å². The molecule has 8 heteroatoms. The summed E-state index contributed by atoms with van der Waals surface area (Å²) in [4.78, 5) is 28.2. The average Bonchev–Trinajstić information content (AvgIpc) is 2.99. The molecule has 1 heterocycles. The van der Waals surface area contributed by atoms with Gasteiger partial charge in [0.2, 0.25) is 5.91 Å². The SMILES string of the molecule is CSCc1nc2ccccc2n1CC(=O)NC(C)c1ccc(NC(N)=O)cc1. The van der Waals surface area contributed by atoms with E-state index in [9.17, 15) is 9.59 Å². The lowest BCUT2D eigenvalue weighted by Crippen LogP contribution is -2.30. The van der Waals surface area contributed by atoms with Crippen LogP contribution in [-0.4, -0.2) is 27.7 Å². The van der Waals surface area contributed by atoms with Gasteiger partial charge in [0, 0.05) is 5.69 Å². The Bertz CT molecular complexity index is 984. The van der Waals surface area contributed by atoms with Gasteiger partial charge in [-0.25, -0.2) is 9.78 Å². The number of fused-ring (bicyclic) bond motifs is 1. The van der Waals surface area contributed by atoms with E-state index in [1.54, 1.807) is 23.9 Å². The van der Waals surface area contributed by atoms with Gasteiger partial charge in [-0.15, -0.1) is 0 Å². The number of amides is 3. The van der Waals surface area contributed by atoms with Crippen LogP contribution in [-0.2, 0) is 17.1 Å². The number of benzene rings is 2. The number of primary amides is 1. The molecule has 0 saturated heterocycles. The molecule has 0 radical (unpaired) electrons. The standard InChI is InChI=1S/C20H23N5O2S/c1-13(14-7-9-15(10-8-14)23-20(21)27)22-19(26)11-25-17-6-4-3-5-16(17)24-18(25)12-28-2/h3-10,13H,11-12H2,1-2H3,(H,22,26)(H3,21,23,27). The number of rotatable bonds is 7. The van der Waals surface area contributed by atoms with Crippen molar-refractivity contribution in [2.45, 2.75) is 25.3 Å². The van der Waals surface area contributed by atoms with Gasteiger partial charge >= 0.3 is 6.03 Å². The van der Waals surface area contributed by atoms with E-state index < -0.39 is 6.03 Å². The second-order valence-electron chi connectivity index (χ2n) is 6.44. The van der Waals surface area contributed by atoms with E-state index in [4.69, 9.17) is 5.73 Å². The predicted octanol–water partition coefficient (Wildman–Crippen LogP) is 3.27. The summed E-state index contributed by atoms with van der Waals surface area (Å²) in [6.45, 7) is 2.13. The number of para-hydroxylation sites is 2. The van der Waals surface area contributed by atoms with E-state index in [1.807, 2.05) is 54.1 Å². The lowest BCUT2D eigenvalue weighted by Gasteiger charge is -2.16. The largest absolute Gasteiger partial charge is 0.351 e. The third kappa shape index (κ3) is 4.64. The van der Waals surface area contributed by atoms with Crippen LogP contribution in [0, 0.1) is 0 Å². The fourth-order valence-electron chi connectivity index (χ4n) is 3.05. The van der Waals surface area contributed by atoms with E-state index in [0.29, 0.717) is 5.69 Å². The Morgan fingerprint density at radius 3 is 2.57 bits per heavy atom. The molecule has 3 amide bonds. The maximum absolute atomic E-state index is 12.7. The summed E-state index contributed by atoms with van der Waals surface area (Å²) < 4.78 is 1.97. The smallest absolute Gasteiger partial charge is 0.316 e. The van der Waals surface area contributed by atoms with Crippen LogP contribution >= 0.6 is 11.8 Å². The maximum atomic E-state index is 12.7. The fourth-order valence-corrected chi connectivity index (χ4v) is 3.53. The highest BCUT2D eigenvalue weighted by Gasteiger charge is 2.15. The number of urea groups is 1. The number of carbonyl (C=O) groups is 2. The molecule has 28 heavy (non-hydrogen) atoms. The van der Waals surface area contributed by atoms with Crippen LogP contribution in [0.3, 0.4) is 0 Å². The molecule has 3 rings (SSSR count). The number of carbonyl (C=O) groups excluding carboxylic acids is 2. The molecule has 2 aromatic carbocycles. The van der Waals surface area contributed by atoms with Crippen LogP contribution in [0.1, 0.15) is 24.4 Å². The molecular formula is C20H23N5O2S. The number of imidazole rings is 1. The van der Waals surface area contributed by atoms with E-state index in [-0.39, 0.29) is 18.5 Å². The average molecular weight is 398 g/mol. The molecule has 0 saturated carbocycles. The van der Waals surface area contributed by atoms with Crippen molar-refractivity contribution >= 4 is 40.4 Å². The van der Waals surface area contributed by atoms with Crippen molar-refractivity contribution in [1.82, 2.24) is 14.9 Å². The predicted molar refractivity (Wildman–Crippen MR) is 113 cm³/mol. The van der Waals surface area contributed by atoms with Gasteiger partial charge in [-0.3, -0.25) is 4.79 Å². The summed E-state index contributed by atoms with van der Waals surface area (Å²) in [6.07, 6.45) is 2.02. The van der Waals surface area contributed by atoms with Gasteiger partial charge in [-0.1, -0.05) is 24.3 Å². The van der Waals surface area contributed by atoms with Gasteiger partial charge in [-0.2, -0.15) is 11.8 Å². The van der Waals surface area contributed by atoms with Crippen LogP contribution in [0.5, 0.6) is 0 Å². The number of nitrogens with zero attached hydrogens (tertiary/aromatic N) is 2. The van der Waals surface area contributed by atoms with E-state index in [2.05, 4.69) is 15.6 Å². The number of thioether (sulfide) groups is 1. The zero-order valence-corrected chi connectivity index (χ0v) is 16.6. The van der Waals surface area contributed by atoms with Gasteiger partial charge < -0.3 is 20.9 Å². The summed E-state index contributed by atoms with van der Waals surface area (Å²) >= 11 is 1.67. The van der Waals surface area contributed by atoms with Gasteiger partial charge in [-0.05, 0) is 43.0 Å². The normalized spacial score (nSPS) is 11.9. The summed E-state index contributed by atoms with van der Waals surface area (Å²) in [5.74, 6) is 1.54. The van der Waals surface area contributed by atoms with Crippen molar-refractivity contribution < 1.29 is 9.59 Å². The molecule has 4 N–H and O–H groups in total. The number of nitrogens with two attached hydrogens (primary N) is 1. The summed E-state index contributed by atoms with van der Waals surface area (Å²) in [5, 5.41) is 5.54. The minimum absolute atomic E-state index is 0.0858. The third-order valence-corrected chi connectivity index (χ3v) is 4.91. The Kier molecular flexibility index (Phi) is 6.20. The zero-order valence-electron chi connectivity index (χ0n) is 15.8. The minimum atomic E-state index is -0.609. The summed E-state index contributed by atoms with van der Waals surface area (Å²) in [6, 6.07) is 14.3. The van der Waals surface area contributed by atoms with Crippen LogP contribution in [0.4, 0.5) is 10.5 Å². The van der Waals surface area contributed by atoms with Crippen LogP contribution < -0.4 is 16.4 Å². The van der Waals surface area contributed by atoms with Gasteiger partial charge in [0.05, 0.1) is 22.8 Å². The Morgan fingerprint density at radius 1 is 1.18 bits per heavy atom. The molecule has 1 atom stereocenters. The molecule has 0 aliphatic rings. The lowest BCUT2D eigenvalue weighted by molar-refractivity contribution is -0.122. The molecule has 0 bridgehead atoms. The highest BCUT2D eigenvalue weighted by molar-refractivity contribution is 7.97. The molecule has 0 spiro atoms. The maximum Gasteiger partial charge on any atom is 0.316 e. The van der Waals surface area contributed by atoms with Crippen LogP contribution in [0.25, 0.3) is 11.0 Å². The van der Waals surface area contributed by atoms with Crippen molar-refractivity contribution in [1.29, 1.82) is 0 Å².